The summed E-state index contributed by atoms with van der Waals surface area (Å²) in [5, 5.41) is 10.3. The van der Waals surface area contributed by atoms with Crippen molar-refractivity contribution < 1.29 is 44.8 Å². The van der Waals surface area contributed by atoms with Crippen molar-refractivity contribution in [2.45, 2.75) is 54.0 Å². The van der Waals surface area contributed by atoms with Crippen LogP contribution >= 0.6 is 23.2 Å². The zero-order chi connectivity index (χ0) is 50.8. The molecule has 0 bridgehead atoms. The Kier molecular flexibility index (Phi) is 14.8. The zero-order valence-electron chi connectivity index (χ0n) is 38.0. The van der Waals surface area contributed by atoms with Gasteiger partial charge in [-0.1, -0.05) is 71.7 Å². The quantitative estimate of drug-likeness (QED) is 0.0839. The van der Waals surface area contributed by atoms with E-state index < -0.39 is 79.4 Å². The molecule has 0 spiro atoms. The fraction of sp³-hybridized carbons (Fsp3) is 0.220. The number of nitrogens with zero attached hydrogens (tertiary/aromatic N) is 4. The molecule has 2 fully saturated rings. The molecule has 1 unspecified atom stereocenters. The van der Waals surface area contributed by atoms with Crippen molar-refractivity contribution in [3.8, 4) is 22.3 Å². The molecule has 1 heterocycles. The van der Waals surface area contributed by atoms with Gasteiger partial charge in [0.1, 0.15) is 29.2 Å². The topological polar surface area (TPSA) is 195 Å². The van der Waals surface area contributed by atoms with E-state index in [9.17, 15) is 31.2 Å². The second-order valence-corrected chi connectivity index (χ2v) is 22.0. The number of halogens is 4. The average Bonchev–Trinajstić information content (AvgIpc) is 4.28. The lowest BCUT2D eigenvalue weighted by Gasteiger charge is -2.37. The van der Waals surface area contributed by atoms with Gasteiger partial charge in [0, 0.05) is 53.1 Å². The molecule has 0 radical (unpaired) electrons. The summed E-state index contributed by atoms with van der Waals surface area (Å²) in [5.41, 5.74) is 0.141. The molecule has 0 saturated heterocycles. The Morgan fingerprint density at radius 1 is 0.676 bits per heavy atom. The van der Waals surface area contributed by atoms with Gasteiger partial charge in [-0.05, 0) is 116 Å². The molecule has 2 saturated carbocycles. The predicted octanol–water partition coefficient (Wildman–Crippen LogP) is 10.1. The Balaban J connectivity index is 1.21. The number of aromatic nitrogens is 1. The van der Waals surface area contributed by atoms with E-state index in [4.69, 9.17) is 23.2 Å². The molecule has 15 nitrogen and oxygen atoms in total. The first-order valence-corrected chi connectivity index (χ1v) is 26.7. The van der Waals surface area contributed by atoms with Gasteiger partial charge in [0.15, 0.2) is 19.7 Å². The molecule has 0 aliphatic heterocycles. The van der Waals surface area contributed by atoms with Crippen molar-refractivity contribution in [3.05, 3.63) is 149 Å². The standard InChI is InChI=1S/C50H45Cl2F2N7O8S2/c1-70(66,67)44-9-5-3-7-37(44)31-13-22-41(39(53)25-31)57-48(63)43(60(36-20-21-36)50(65)56-35-18-15-33(51)16-19-35)27-47(62)61(59(29-30-11-12-30)49(64)58-46-24-17-34(52)28-55-46)42-23-14-32(26-40(42)54)38-8-4-6-10-45(38)71(2,68)69/h3-10,13-19,22-26,28,30,36,43H,11-12,20-21,27,29H2,1-2H3,(H,56,65)(H,57,63)(H,55,58,64). The largest absolute Gasteiger partial charge is 0.342 e. The Bertz CT molecular complexity index is 3270. The number of urea groups is 2. The van der Waals surface area contributed by atoms with Crippen LogP contribution in [0.15, 0.2) is 137 Å². The van der Waals surface area contributed by atoms with Crippen LogP contribution in [-0.2, 0) is 29.3 Å². The Hall–Kier alpha value is -6.93. The third-order valence-corrected chi connectivity index (χ3v) is 14.5. The van der Waals surface area contributed by atoms with Crippen LogP contribution in [0.2, 0.25) is 10.0 Å². The van der Waals surface area contributed by atoms with Crippen molar-refractivity contribution in [1.82, 2.24) is 14.9 Å². The van der Waals surface area contributed by atoms with Crippen LogP contribution in [-0.4, -0.2) is 86.7 Å². The molecule has 21 heteroatoms. The minimum atomic E-state index is -3.80. The van der Waals surface area contributed by atoms with E-state index >= 15 is 13.6 Å². The third-order valence-electron chi connectivity index (χ3n) is 11.7. The number of hydrazine groups is 1. The van der Waals surface area contributed by atoms with Gasteiger partial charge in [0.2, 0.25) is 11.8 Å². The van der Waals surface area contributed by atoms with E-state index in [0.29, 0.717) is 30.7 Å². The number of amides is 6. The maximum absolute atomic E-state index is 17.0. The molecule has 71 heavy (non-hydrogen) atoms. The van der Waals surface area contributed by atoms with E-state index in [2.05, 4.69) is 20.9 Å². The molecule has 2 aliphatic rings. The fourth-order valence-corrected chi connectivity index (χ4v) is 9.99. The number of carbonyl (C=O) groups excluding carboxylic acids is 4. The van der Waals surface area contributed by atoms with Crippen molar-refractivity contribution in [2.24, 2.45) is 5.92 Å². The number of hydrogen-bond donors (Lipinski definition) is 3. The molecule has 6 amide bonds. The maximum atomic E-state index is 17.0. The first kappa shape index (κ1) is 50.5. The number of carbonyl (C=O) groups is 4. The van der Waals surface area contributed by atoms with Gasteiger partial charge in [-0.25, -0.2) is 50.2 Å². The van der Waals surface area contributed by atoms with Gasteiger partial charge >= 0.3 is 12.1 Å². The summed E-state index contributed by atoms with van der Waals surface area (Å²) in [4.78, 5) is 64.2. The minimum Gasteiger partial charge on any atom is -0.322 e. The summed E-state index contributed by atoms with van der Waals surface area (Å²) < 4.78 is 84.0. The number of rotatable bonds is 15. The van der Waals surface area contributed by atoms with Gasteiger partial charge in [-0.15, -0.1) is 0 Å². The molecular formula is C50H45Cl2F2N7O8S2. The first-order chi connectivity index (χ1) is 33.7. The first-order valence-electron chi connectivity index (χ1n) is 22.1. The molecular weight excluding hydrogens is 1000 g/mol. The number of benzene rings is 5. The van der Waals surface area contributed by atoms with Crippen LogP contribution in [0, 0.1) is 17.6 Å². The van der Waals surface area contributed by atoms with E-state index in [1.54, 1.807) is 12.1 Å². The van der Waals surface area contributed by atoms with Crippen molar-refractivity contribution in [2.75, 3.05) is 40.0 Å². The van der Waals surface area contributed by atoms with E-state index in [0.717, 1.165) is 39.6 Å². The molecule has 3 N–H and O–H groups in total. The van der Waals surface area contributed by atoms with Crippen LogP contribution in [0.3, 0.4) is 0 Å². The SMILES string of the molecule is CS(=O)(=O)c1ccccc1-c1ccc(NC(=O)C(CC(=O)N(c2ccc(-c3ccccc3S(C)(=O)=O)cc2F)N(CC2CC2)C(=O)Nc2ccc(Cl)cn2)N(C(=O)Nc2ccc(Cl)cc2)C2CC2)c(F)c1. The van der Waals surface area contributed by atoms with Crippen LogP contribution in [0.5, 0.6) is 0 Å². The van der Waals surface area contributed by atoms with Crippen molar-refractivity contribution in [1.29, 1.82) is 0 Å². The number of pyridine rings is 1. The lowest BCUT2D eigenvalue weighted by atomic mass is 10.0. The summed E-state index contributed by atoms with van der Waals surface area (Å²) in [5.74, 6) is -4.22. The molecule has 368 valence electrons. The van der Waals surface area contributed by atoms with Gasteiger partial charge in [-0.2, -0.15) is 0 Å². The second kappa shape index (κ2) is 20.8. The third kappa shape index (κ3) is 12.2. The second-order valence-electron chi connectivity index (χ2n) is 17.2. The Labute approximate surface area is 418 Å². The van der Waals surface area contributed by atoms with Crippen LogP contribution in [0.25, 0.3) is 22.3 Å². The molecule has 1 atom stereocenters. The highest BCUT2D eigenvalue weighted by molar-refractivity contribution is 7.91. The summed E-state index contributed by atoms with van der Waals surface area (Å²) in [6, 6.07) is 24.2. The average molecular weight is 1040 g/mol. The molecule has 2 aliphatic carbocycles. The van der Waals surface area contributed by atoms with Crippen LogP contribution in [0.1, 0.15) is 32.1 Å². The smallest absolute Gasteiger partial charge is 0.322 e. The normalized spacial score (nSPS) is 13.9. The van der Waals surface area contributed by atoms with Crippen LogP contribution in [0.4, 0.5) is 41.2 Å². The highest BCUT2D eigenvalue weighted by Crippen LogP contribution is 2.37. The zero-order valence-corrected chi connectivity index (χ0v) is 41.1. The summed E-state index contributed by atoms with van der Waals surface area (Å²) in [7, 11) is -7.53. The number of anilines is 4. The monoisotopic (exact) mass is 1040 g/mol. The fourth-order valence-electron chi connectivity index (χ4n) is 7.93. The van der Waals surface area contributed by atoms with Gasteiger partial charge in [0.25, 0.3) is 0 Å². The lowest BCUT2D eigenvalue weighted by molar-refractivity contribution is -0.127. The lowest BCUT2D eigenvalue weighted by Crippen LogP contribution is -2.57. The van der Waals surface area contributed by atoms with Crippen molar-refractivity contribution >= 4 is 89.6 Å². The maximum Gasteiger partial charge on any atom is 0.342 e. The van der Waals surface area contributed by atoms with E-state index in [1.165, 1.54) is 103 Å². The highest BCUT2D eigenvalue weighted by Gasteiger charge is 2.44. The number of sulfone groups is 2. The minimum absolute atomic E-state index is 0.0321. The Morgan fingerprint density at radius 3 is 1.79 bits per heavy atom. The molecule has 1 aromatic heterocycles. The van der Waals surface area contributed by atoms with Gasteiger partial charge < -0.3 is 15.5 Å². The van der Waals surface area contributed by atoms with Crippen molar-refractivity contribution in [3.63, 3.8) is 0 Å². The molecule has 5 aromatic carbocycles. The predicted molar refractivity (Wildman–Crippen MR) is 267 cm³/mol. The van der Waals surface area contributed by atoms with E-state index in [-0.39, 0.29) is 66.7 Å². The summed E-state index contributed by atoms with van der Waals surface area (Å²) in [6.07, 6.45) is 4.55. The molecule has 6 aromatic rings. The van der Waals surface area contributed by atoms with Crippen LogP contribution < -0.4 is 21.0 Å². The number of hydrogen-bond acceptors (Lipinski definition) is 9. The molecule has 8 rings (SSSR count). The highest BCUT2D eigenvalue weighted by atomic mass is 35.5. The summed E-state index contributed by atoms with van der Waals surface area (Å²) >= 11 is 12.2. The van der Waals surface area contributed by atoms with Gasteiger partial charge in [0.05, 0.1) is 26.9 Å². The van der Waals surface area contributed by atoms with Gasteiger partial charge in [-0.3, -0.25) is 14.9 Å². The Morgan fingerprint density at radius 2 is 1.25 bits per heavy atom. The summed E-state index contributed by atoms with van der Waals surface area (Å²) in [6.45, 7) is -0.121. The number of nitrogens with one attached hydrogen (secondary N) is 3. The van der Waals surface area contributed by atoms with E-state index in [1.807, 2.05) is 0 Å².